The average Bonchev–Trinajstić information content (AvgIpc) is 2.54. The van der Waals surface area contributed by atoms with E-state index >= 15 is 0 Å². The number of amides is 3. The van der Waals surface area contributed by atoms with Crippen LogP contribution in [0.2, 0.25) is 0 Å². The Morgan fingerprint density at radius 3 is 2.09 bits per heavy atom. The van der Waals surface area contributed by atoms with Gasteiger partial charge in [-0.25, -0.2) is 5.84 Å². The minimum absolute atomic E-state index is 0.0934. The largest absolute Gasteiger partial charge is 0.368 e. The molecular weight excluding hydrogens is 286 g/mol. The molecule has 2 rings (SSSR count). The van der Waals surface area contributed by atoms with Crippen molar-refractivity contribution in [2.45, 2.75) is 6.92 Å². The second kappa shape index (κ2) is 6.90. The Hall–Kier alpha value is -2.61. The van der Waals surface area contributed by atoms with E-state index in [0.29, 0.717) is 18.8 Å². The summed E-state index contributed by atoms with van der Waals surface area (Å²) < 4.78 is 0. The third-order valence-electron chi connectivity index (χ3n) is 3.55. The highest BCUT2D eigenvalue weighted by molar-refractivity contribution is 6.39. The molecule has 3 amide bonds. The van der Waals surface area contributed by atoms with Gasteiger partial charge < -0.3 is 15.1 Å². The maximum absolute atomic E-state index is 11.4. The van der Waals surface area contributed by atoms with E-state index in [1.165, 1.54) is 0 Å². The summed E-state index contributed by atoms with van der Waals surface area (Å²) >= 11 is 0. The number of carbonyl (C=O) groups excluding carboxylic acids is 3. The summed E-state index contributed by atoms with van der Waals surface area (Å²) in [6.45, 7) is 4.50. The summed E-state index contributed by atoms with van der Waals surface area (Å²) in [6, 6.07) is 7.15. The van der Waals surface area contributed by atoms with E-state index in [2.05, 4.69) is 10.2 Å². The molecule has 1 saturated heterocycles. The van der Waals surface area contributed by atoms with Gasteiger partial charge in [0.05, 0.1) is 0 Å². The van der Waals surface area contributed by atoms with Crippen molar-refractivity contribution in [1.29, 1.82) is 0 Å². The van der Waals surface area contributed by atoms with E-state index < -0.39 is 11.8 Å². The molecule has 4 N–H and O–H groups in total. The van der Waals surface area contributed by atoms with Gasteiger partial charge in [0.15, 0.2) is 0 Å². The first-order chi connectivity index (χ1) is 10.5. The van der Waals surface area contributed by atoms with E-state index in [1.54, 1.807) is 24.5 Å². The number of piperazine rings is 1. The van der Waals surface area contributed by atoms with Crippen LogP contribution in [0.15, 0.2) is 24.3 Å². The molecule has 0 saturated carbocycles. The third-order valence-corrected chi connectivity index (χ3v) is 3.55. The number of benzene rings is 1. The Labute approximate surface area is 128 Å². The van der Waals surface area contributed by atoms with Crippen LogP contribution < -0.4 is 21.5 Å². The Kier molecular flexibility index (Phi) is 4.95. The van der Waals surface area contributed by atoms with Crippen LogP contribution in [0.3, 0.4) is 0 Å². The molecule has 22 heavy (non-hydrogen) atoms. The van der Waals surface area contributed by atoms with Gasteiger partial charge in [-0.3, -0.25) is 19.8 Å². The molecule has 0 aliphatic carbocycles. The number of nitrogens with two attached hydrogens (primary N) is 1. The summed E-state index contributed by atoms with van der Waals surface area (Å²) in [7, 11) is 0. The van der Waals surface area contributed by atoms with Gasteiger partial charge >= 0.3 is 11.8 Å². The minimum Gasteiger partial charge on any atom is -0.368 e. The Bertz CT molecular complexity index is 564. The SMILES string of the molecule is CC(=O)N1CCN(c2ccc(NC(=O)C(=O)NN)cc2)CC1. The van der Waals surface area contributed by atoms with Crippen LogP contribution >= 0.6 is 0 Å². The molecule has 0 radical (unpaired) electrons. The van der Waals surface area contributed by atoms with E-state index in [0.717, 1.165) is 18.8 Å². The fourth-order valence-electron chi connectivity index (χ4n) is 2.29. The van der Waals surface area contributed by atoms with Crippen LogP contribution in [0.25, 0.3) is 0 Å². The zero-order chi connectivity index (χ0) is 16.1. The molecule has 0 spiro atoms. The van der Waals surface area contributed by atoms with Crippen molar-refractivity contribution in [3.8, 4) is 0 Å². The highest BCUT2D eigenvalue weighted by atomic mass is 16.2. The number of hydrazine groups is 1. The van der Waals surface area contributed by atoms with Crippen molar-refractivity contribution in [2.75, 3.05) is 36.4 Å². The van der Waals surface area contributed by atoms with Crippen molar-refractivity contribution >= 4 is 29.1 Å². The number of hydrogen-bond donors (Lipinski definition) is 3. The fourth-order valence-corrected chi connectivity index (χ4v) is 2.29. The first-order valence-electron chi connectivity index (χ1n) is 6.93. The second-order valence-corrected chi connectivity index (χ2v) is 4.97. The highest BCUT2D eigenvalue weighted by Gasteiger charge is 2.19. The normalized spacial score (nSPS) is 14.5. The number of carbonyl (C=O) groups is 3. The van der Waals surface area contributed by atoms with Gasteiger partial charge in [-0.15, -0.1) is 0 Å². The molecule has 8 heteroatoms. The standard InChI is InChI=1S/C14H19N5O3/c1-10(20)18-6-8-19(9-7-18)12-4-2-11(3-5-12)16-13(21)14(22)17-15/h2-5H,6-9,15H2,1H3,(H,16,21)(H,17,22). The predicted molar refractivity (Wildman–Crippen MR) is 81.9 cm³/mol. The van der Waals surface area contributed by atoms with Crippen LogP contribution in [-0.2, 0) is 14.4 Å². The first kappa shape index (κ1) is 15.8. The lowest BCUT2D eigenvalue weighted by Crippen LogP contribution is -2.48. The van der Waals surface area contributed by atoms with Crippen molar-refractivity contribution in [2.24, 2.45) is 5.84 Å². The summed E-state index contributed by atoms with van der Waals surface area (Å²) in [5.41, 5.74) is 3.29. The summed E-state index contributed by atoms with van der Waals surface area (Å²) in [4.78, 5) is 37.7. The van der Waals surface area contributed by atoms with Crippen LogP contribution in [0.1, 0.15) is 6.92 Å². The average molecular weight is 305 g/mol. The van der Waals surface area contributed by atoms with Gasteiger partial charge in [-0.05, 0) is 24.3 Å². The Balaban J connectivity index is 1.94. The van der Waals surface area contributed by atoms with Gasteiger partial charge in [0.25, 0.3) is 0 Å². The number of hydrogen-bond acceptors (Lipinski definition) is 5. The van der Waals surface area contributed by atoms with Crippen LogP contribution in [0, 0.1) is 0 Å². The van der Waals surface area contributed by atoms with E-state index in [4.69, 9.17) is 5.84 Å². The third kappa shape index (κ3) is 3.73. The smallest absolute Gasteiger partial charge is 0.323 e. The Morgan fingerprint density at radius 1 is 1.00 bits per heavy atom. The van der Waals surface area contributed by atoms with Gasteiger partial charge in [0.2, 0.25) is 5.91 Å². The molecule has 1 aromatic rings. The van der Waals surface area contributed by atoms with Crippen LogP contribution in [-0.4, -0.2) is 48.8 Å². The van der Waals surface area contributed by atoms with Crippen LogP contribution in [0.4, 0.5) is 11.4 Å². The maximum atomic E-state index is 11.4. The topological polar surface area (TPSA) is 108 Å². The number of nitrogens with one attached hydrogen (secondary N) is 2. The van der Waals surface area contributed by atoms with E-state index in [1.807, 2.05) is 17.0 Å². The van der Waals surface area contributed by atoms with E-state index in [-0.39, 0.29) is 5.91 Å². The lowest BCUT2D eigenvalue weighted by molar-refractivity contribution is -0.136. The minimum atomic E-state index is -0.899. The fraction of sp³-hybridized carbons (Fsp3) is 0.357. The van der Waals surface area contributed by atoms with Crippen molar-refractivity contribution in [1.82, 2.24) is 10.3 Å². The molecule has 1 fully saturated rings. The second-order valence-electron chi connectivity index (χ2n) is 4.97. The molecule has 1 heterocycles. The Morgan fingerprint density at radius 2 is 1.59 bits per heavy atom. The summed E-state index contributed by atoms with van der Waals surface area (Å²) in [6.07, 6.45) is 0. The number of anilines is 2. The van der Waals surface area contributed by atoms with Crippen molar-refractivity contribution < 1.29 is 14.4 Å². The van der Waals surface area contributed by atoms with E-state index in [9.17, 15) is 14.4 Å². The van der Waals surface area contributed by atoms with Crippen molar-refractivity contribution in [3.63, 3.8) is 0 Å². The quantitative estimate of drug-likeness (QED) is 0.289. The predicted octanol–water partition coefficient (Wildman–Crippen LogP) is -0.716. The van der Waals surface area contributed by atoms with Gasteiger partial charge in [-0.1, -0.05) is 0 Å². The van der Waals surface area contributed by atoms with Gasteiger partial charge in [-0.2, -0.15) is 0 Å². The van der Waals surface area contributed by atoms with Gasteiger partial charge in [0.1, 0.15) is 0 Å². The molecule has 1 aromatic carbocycles. The molecule has 1 aliphatic heterocycles. The first-order valence-corrected chi connectivity index (χ1v) is 6.93. The molecule has 8 nitrogen and oxygen atoms in total. The molecule has 118 valence electrons. The van der Waals surface area contributed by atoms with Crippen LogP contribution in [0.5, 0.6) is 0 Å². The van der Waals surface area contributed by atoms with Gasteiger partial charge in [0, 0.05) is 44.5 Å². The molecule has 1 aliphatic rings. The highest BCUT2D eigenvalue weighted by Crippen LogP contribution is 2.19. The van der Waals surface area contributed by atoms with Crippen molar-refractivity contribution in [3.05, 3.63) is 24.3 Å². The molecule has 0 unspecified atom stereocenters. The zero-order valence-corrected chi connectivity index (χ0v) is 12.3. The number of nitrogens with zero attached hydrogens (tertiary/aromatic N) is 2. The lowest BCUT2D eigenvalue weighted by atomic mass is 10.2. The summed E-state index contributed by atoms with van der Waals surface area (Å²) in [5, 5.41) is 2.44. The monoisotopic (exact) mass is 305 g/mol. The molecule has 0 aromatic heterocycles. The molecule has 0 atom stereocenters. The molecule has 0 bridgehead atoms. The lowest BCUT2D eigenvalue weighted by Gasteiger charge is -2.35. The molecular formula is C14H19N5O3. The number of rotatable bonds is 2. The maximum Gasteiger partial charge on any atom is 0.323 e. The summed E-state index contributed by atoms with van der Waals surface area (Å²) in [5.74, 6) is 3.27. The zero-order valence-electron chi connectivity index (χ0n) is 12.3.